The zero-order chi connectivity index (χ0) is 10.0. The number of ketones is 1. The van der Waals surface area contributed by atoms with E-state index in [-0.39, 0.29) is 27.7 Å². The summed E-state index contributed by atoms with van der Waals surface area (Å²) in [6.45, 7) is 1.34. The van der Waals surface area contributed by atoms with Crippen molar-refractivity contribution >= 4 is 17.4 Å². The van der Waals surface area contributed by atoms with E-state index in [4.69, 9.17) is 16.9 Å². The minimum Gasteiger partial charge on any atom is -0.505 e. The first-order chi connectivity index (χ1) is 6.07. The highest BCUT2D eigenvalue weighted by Gasteiger charge is 2.12. The molecule has 0 bridgehead atoms. The van der Waals surface area contributed by atoms with E-state index in [2.05, 4.69) is 0 Å². The lowest BCUT2D eigenvalue weighted by atomic mass is 10.1. The minimum absolute atomic E-state index is 0.0634. The van der Waals surface area contributed by atoms with Gasteiger partial charge < -0.3 is 5.11 Å². The molecule has 0 atom stereocenters. The van der Waals surface area contributed by atoms with E-state index in [9.17, 15) is 9.90 Å². The Morgan fingerprint density at radius 1 is 1.62 bits per heavy atom. The van der Waals surface area contributed by atoms with Crippen LogP contribution >= 0.6 is 11.6 Å². The van der Waals surface area contributed by atoms with Crippen LogP contribution in [-0.4, -0.2) is 10.9 Å². The lowest BCUT2D eigenvalue weighted by Crippen LogP contribution is -1.94. The molecule has 0 unspecified atom stereocenters. The van der Waals surface area contributed by atoms with Gasteiger partial charge in [-0.05, 0) is 19.1 Å². The van der Waals surface area contributed by atoms with E-state index in [1.54, 1.807) is 6.07 Å². The first-order valence-corrected chi connectivity index (χ1v) is 3.88. The highest BCUT2D eigenvalue weighted by atomic mass is 35.5. The van der Waals surface area contributed by atoms with Gasteiger partial charge in [-0.2, -0.15) is 5.26 Å². The highest BCUT2D eigenvalue weighted by molar-refractivity contribution is 6.35. The topological polar surface area (TPSA) is 61.1 Å². The van der Waals surface area contributed by atoms with Crippen LogP contribution in [-0.2, 0) is 0 Å². The second-order valence-electron chi connectivity index (χ2n) is 2.49. The normalized spacial score (nSPS) is 9.31. The van der Waals surface area contributed by atoms with Crippen LogP contribution in [0.3, 0.4) is 0 Å². The Morgan fingerprint density at radius 2 is 2.23 bits per heavy atom. The number of hydrogen-bond donors (Lipinski definition) is 1. The molecule has 4 heteroatoms. The number of halogens is 1. The van der Waals surface area contributed by atoms with Crippen molar-refractivity contribution in [3.8, 4) is 11.8 Å². The second-order valence-corrected chi connectivity index (χ2v) is 2.87. The number of phenolic OH excluding ortho intramolecular Hbond substituents is 1. The predicted octanol–water partition coefficient (Wildman–Crippen LogP) is 2.12. The maximum atomic E-state index is 10.9. The molecule has 66 valence electrons. The molecule has 0 saturated carbocycles. The molecule has 0 amide bonds. The smallest absolute Gasteiger partial charge is 0.161 e. The van der Waals surface area contributed by atoms with E-state index in [0.29, 0.717) is 0 Å². The summed E-state index contributed by atoms with van der Waals surface area (Å²) >= 11 is 5.65. The van der Waals surface area contributed by atoms with Crippen molar-refractivity contribution in [3.63, 3.8) is 0 Å². The van der Waals surface area contributed by atoms with Crippen molar-refractivity contribution in [3.05, 3.63) is 28.3 Å². The van der Waals surface area contributed by atoms with Gasteiger partial charge in [0.15, 0.2) is 11.5 Å². The van der Waals surface area contributed by atoms with Crippen LogP contribution in [0.1, 0.15) is 22.8 Å². The van der Waals surface area contributed by atoms with Crippen LogP contribution in [0.2, 0.25) is 5.02 Å². The third kappa shape index (κ3) is 1.63. The number of phenols is 1. The molecule has 1 aromatic rings. The first-order valence-electron chi connectivity index (χ1n) is 3.50. The summed E-state index contributed by atoms with van der Waals surface area (Å²) < 4.78 is 0. The van der Waals surface area contributed by atoms with Gasteiger partial charge in [-0.25, -0.2) is 0 Å². The molecule has 0 aliphatic heterocycles. The largest absolute Gasteiger partial charge is 0.505 e. The van der Waals surface area contributed by atoms with Gasteiger partial charge in [0.1, 0.15) is 6.07 Å². The summed E-state index contributed by atoms with van der Waals surface area (Å²) in [4.78, 5) is 10.9. The van der Waals surface area contributed by atoms with E-state index < -0.39 is 0 Å². The van der Waals surface area contributed by atoms with Gasteiger partial charge in [0.05, 0.1) is 10.6 Å². The molecule has 1 rings (SSSR count). The van der Waals surface area contributed by atoms with Gasteiger partial charge in [0.25, 0.3) is 0 Å². The SMILES string of the molecule is CC(=O)c1ccc(C#N)c(O)c1Cl. The predicted molar refractivity (Wildman–Crippen MR) is 47.8 cm³/mol. The molecule has 1 N–H and O–H groups in total. The first kappa shape index (κ1) is 9.56. The standard InChI is InChI=1S/C9H6ClNO2/c1-5(12)7-3-2-6(4-11)9(13)8(7)10/h2-3,13H,1H3. The Balaban J connectivity index is 3.42. The van der Waals surface area contributed by atoms with Crippen LogP contribution in [0.4, 0.5) is 0 Å². The number of benzene rings is 1. The monoisotopic (exact) mass is 195 g/mol. The number of nitrogens with zero attached hydrogens (tertiary/aromatic N) is 1. The number of nitriles is 1. The van der Waals surface area contributed by atoms with Gasteiger partial charge >= 0.3 is 0 Å². The molecule has 0 saturated heterocycles. The zero-order valence-corrected chi connectivity index (χ0v) is 7.59. The minimum atomic E-state index is -0.336. The highest BCUT2D eigenvalue weighted by Crippen LogP contribution is 2.30. The summed E-state index contributed by atoms with van der Waals surface area (Å²) in [5.74, 6) is -0.582. The van der Waals surface area contributed by atoms with E-state index in [1.165, 1.54) is 19.1 Å². The van der Waals surface area contributed by atoms with Crippen molar-refractivity contribution < 1.29 is 9.90 Å². The van der Waals surface area contributed by atoms with E-state index >= 15 is 0 Å². The van der Waals surface area contributed by atoms with Crippen molar-refractivity contribution in [1.82, 2.24) is 0 Å². The third-order valence-electron chi connectivity index (χ3n) is 1.62. The summed E-state index contributed by atoms with van der Waals surface area (Å²) in [7, 11) is 0. The molecule has 0 aliphatic carbocycles. The van der Waals surface area contributed by atoms with Crippen LogP contribution in [0.15, 0.2) is 12.1 Å². The second kappa shape index (κ2) is 3.46. The summed E-state index contributed by atoms with van der Waals surface area (Å²) in [5.41, 5.74) is 0.285. The van der Waals surface area contributed by atoms with Gasteiger partial charge in [-0.3, -0.25) is 4.79 Å². The molecule has 0 aromatic heterocycles. The maximum absolute atomic E-state index is 10.9. The molecule has 0 heterocycles. The lowest BCUT2D eigenvalue weighted by Gasteiger charge is -2.02. The Kier molecular flexibility index (Phi) is 2.54. The summed E-state index contributed by atoms with van der Waals surface area (Å²) in [6.07, 6.45) is 0. The Hall–Kier alpha value is -1.53. The summed E-state index contributed by atoms with van der Waals surface area (Å²) in [6, 6.07) is 4.54. The quantitative estimate of drug-likeness (QED) is 0.699. The number of aromatic hydroxyl groups is 1. The van der Waals surface area contributed by atoms with Gasteiger partial charge in [-0.1, -0.05) is 11.6 Å². The maximum Gasteiger partial charge on any atom is 0.161 e. The van der Waals surface area contributed by atoms with Crippen molar-refractivity contribution in [2.24, 2.45) is 0 Å². The Bertz CT molecular complexity index is 407. The molecule has 0 aliphatic rings. The van der Waals surface area contributed by atoms with Gasteiger partial charge in [-0.15, -0.1) is 0 Å². The lowest BCUT2D eigenvalue weighted by molar-refractivity contribution is 0.101. The van der Waals surface area contributed by atoms with Crippen LogP contribution in [0.25, 0.3) is 0 Å². The van der Waals surface area contributed by atoms with E-state index in [0.717, 1.165) is 0 Å². The van der Waals surface area contributed by atoms with E-state index in [1.807, 2.05) is 0 Å². The number of carbonyl (C=O) groups is 1. The number of hydrogen-bond acceptors (Lipinski definition) is 3. The molecule has 0 spiro atoms. The fourth-order valence-electron chi connectivity index (χ4n) is 0.927. The molecule has 1 aromatic carbocycles. The molecule has 13 heavy (non-hydrogen) atoms. The van der Waals surface area contributed by atoms with Gasteiger partial charge in [0.2, 0.25) is 0 Å². The average Bonchev–Trinajstić information content (AvgIpc) is 2.09. The Labute approximate surface area is 80.2 Å². The number of Topliss-reactive ketones (excluding diaryl/α,β-unsaturated/α-hetero) is 1. The van der Waals surface area contributed by atoms with Crippen molar-refractivity contribution in [2.75, 3.05) is 0 Å². The van der Waals surface area contributed by atoms with Crippen LogP contribution in [0, 0.1) is 11.3 Å². The van der Waals surface area contributed by atoms with Crippen LogP contribution in [0.5, 0.6) is 5.75 Å². The number of carbonyl (C=O) groups excluding carboxylic acids is 1. The fourth-order valence-corrected chi connectivity index (χ4v) is 1.22. The molecule has 3 nitrogen and oxygen atoms in total. The molecule has 0 fully saturated rings. The molecular weight excluding hydrogens is 190 g/mol. The van der Waals surface area contributed by atoms with Crippen molar-refractivity contribution in [1.29, 1.82) is 5.26 Å². The molecular formula is C9H6ClNO2. The Morgan fingerprint density at radius 3 is 2.69 bits per heavy atom. The zero-order valence-electron chi connectivity index (χ0n) is 6.84. The fraction of sp³-hybridized carbons (Fsp3) is 0.111. The summed E-state index contributed by atoms with van der Waals surface area (Å²) in [5, 5.41) is 17.8. The van der Waals surface area contributed by atoms with Gasteiger partial charge in [0, 0.05) is 5.56 Å². The number of rotatable bonds is 1. The van der Waals surface area contributed by atoms with Crippen LogP contribution < -0.4 is 0 Å². The third-order valence-corrected chi connectivity index (χ3v) is 2.00. The average molecular weight is 196 g/mol. The van der Waals surface area contributed by atoms with Crippen molar-refractivity contribution in [2.45, 2.75) is 6.92 Å². The molecule has 0 radical (unpaired) electrons.